The van der Waals surface area contributed by atoms with E-state index >= 15 is 0 Å². The third kappa shape index (κ3) is 3.99. The molecule has 3 rings (SSSR count). The maximum absolute atomic E-state index is 12.7. The van der Waals surface area contributed by atoms with Crippen molar-refractivity contribution in [2.45, 2.75) is 19.4 Å². The number of hydrogen-bond donors (Lipinski definition) is 0. The largest absolute Gasteiger partial charge is 0.497 e. The second-order valence-corrected chi connectivity index (χ2v) is 6.16. The van der Waals surface area contributed by atoms with Crippen molar-refractivity contribution in [2.24, 2.45) is 5.92 Å². The first-order valence-corrected chi connectivity index (χ1v) is 8.21. The smallest absolute Gasteiger partial charge is 0.167 e. The topological polar surface area (TPSA) is 29.5 Å². The molecule has 23 heavy (non-hydrogen) atoms. The second kappa shape index (κ2) is 7.42. The number of piperidine rings is 1. The molecule has 0 spiro atoms. The van der Waals surface area contributed by atoms with Crippen LogP contribution in [0.2, 0.25) is 0 Å². The van der Waals surface area contributed by atoms with E-state index in [-0.39, 0.29) is 11.7 Å². The molecule has 0 aromatic heterocycles. The van der Waals surface area contributed by atoms with Crippen LogP contribution in [0.3, 0.4) is 0 Å². The van der Waals surface area contributed by atoms with Crippen molar-refractivity contribution in [3.8, 4) is 5.75 Å². The maximum atomic E-state index is 12.7. The zero-order valence-corrected chi connectivity index (χ0v) is 13.6. The number of rotatable bonds is 5. The number of methoxy groups -OCH3 is 1. The van der Waals surface area contributed by atoms with Crippen molar-refractivity contribution in [3.63, 3.8) is 0 Å². The lowest BCUT2D eigenvalue weighted by Gasteiger charge is -2.32. The number of hydrogen-bond acceptors (Lipinski definition) is 3. The molecule has 2 aromatic carbocycles. The lowest BCUT2D eigenvalue weighted by Crippen LogP contribution is -2.38. The van der Waals surface area contributed by atoms with Crippen LogP contribution in [0.25, 0.3) is 0 Å². The van der Waals surface area contributed by atoms with E-state index in [0.717, 1.165) is 43.8 Å². The van der Waals surface area contributed by atoms with E-state index in [0.29, 0.717) is 0 Å². The molecule has 1 aliphatic heterocycles. The van der Waals surface area contributed by atoms with Crippen LogP contribution in [0.5, 0.6) is 5.75 Å². The van der Waals surface area contributed by atoms with Gasteiger partial charge >= 0.3 is 0 Å². The van der Waals surface area contributed by atoms with Gasteiger partial charge in [-0.3, -0.25) is 9.69 Å². The highest BCUT2D eigenvalue weighted by atomic mass is 16.5. The van der Waals surface area contributed by atoms with Crippen molar-refractivity contribution in [2.75, 3.05) is 20.2 Å². The molecule has 1 fully saturated rings. The van der Waals surface area contributed by atoms with Crippen molar-refractivity contribution >= 4 is 5.78 Å². The van der Waals surface area contributed by atoms with Gasteiger partial charge < -0.3 is 4.74 Å². The fraction of sp³-hybridized carbons (Fsp3) is 0.350. The van der Waals surface area contributed by atoms with Gasteiger partial charge in [-0.1, -0.05) is 42.5 Å². The van der Waals surface area contributed by atoms with Crippen LogP contribution in [-0.4, -0.2) is 30.9 Å². The summed E-state index contributed by atoms with van der Waals surface area (Å²) in [5.41, 5.74) is 2.07. The third-order valence-corrected chi connectivity index (χ3v) is 4.47. The summed E-state index contributed by atoms with van der Waals surface area (Å²) >= 11 is 0. The Kier molecular flexibility index (Phi) is 5.09. The lowest BCUT2D eigenvalue weighted by atomic mass is 9.90. The average molecular weight is 309 g/mol. The molecule has 120 valence electrons. The highest BCUT2D eigenvalue weighted by Gasteiger charge is 2.26. The van der Waals surface area contributed by atoms with Gasteiger partial charge in [0.05, 0.1) is 7.11 Å². The van der Waals surface area contributed by atoms with Gasteiger partial charge in [-0.2, -0.15) is 0 Å². The van der Waals surface area contributed by atoms with Gasteiger partial charge in [-0.25, -0.2) is 0 Å². The van der Waals surface area contributed by atoms with Gasteiger partial charge in [0.15, 0.2) is 5.78 Å². The first-order valence-electron chi connectivity index (χ1n) is 8.21. The van der Waals surface area contributed by atoms with Crippen LogP contribution >= 0.6 is 0 Å². The third-order valence-electron chi connectivity index (χ3n) is 4.47. The molecule has 1 atom stereocenters. The number of benzene rings is 2. The van der Waals surface area contributed by atoms with Gasteiger partial charge in [0.1, 0.15) is 5.75 Å². The molecule has 0 bridgehead atoms. The lowest BCUT2D eigenvalue weighted by molar-refractivity contribution is 0.0811. The summed E-state index contributed by atoms with van der Waals surface area (Å²) in [7, 11) is 1.69. The Morgan fingerprint density at radius 1 is 1.17 bits per heavy atom. The highest BCUT2D eigenvalue weighted by molar-refractivity contribution is 5.98. The van der Waals surface area contributed by atoms with Crippen molar-refractivity contribution in [1.82, 2.24) is 4.90 Å². The summed E-state index contributed by atoms with van der Waals surface area (Å²) < 4.78 is 5.29. The van der Waals surface area contributed by atoms with Crippen molar-refractivity contribution < 1.29 is 9.53 Å². The van der Waals surface area contributed by atoms with E-state index in [4.69, 9.17) is 4.74 Å². The first kappa shape index (κ1) is 15.8. The van der Waals surface area contributed by atoms with Gasteiger partial charge in [-0.15, -0.1) is 0 Å². The average Bonchev–Trinajstić information content (AvgIpc) is 2.62. The fourth-order valence-corrected chi connectivity index (χ4v) is 3.28. The molecule has 1 unspecified atom stereocenters. The number of carbonyl (C=O) groups excluding carboxylic acids is 1. The minimum Gasteiger partial charge on any atom is -0.497 e. The van der Waals surface area contributed by atoms with Crippen molar-refractivity contribution in [3.05, 3.63) is 65.7 Å². The van der Waals surface area contributed by atoms with E-state index in [1.807, 2.05) is 42.5 Å². The van der Waals surface area contributed by atoms with E-state index < -0.39 is 0 Å². The molecule has 0 aliphatic carbocycles. The molecule has 0 saturated carbocycles. The molecule has 1 heterocycles. The zero-order valence-electron chi connectivity index (χ0n) is 13.6. The van der Waals surface area contributed by atoms with Crippen LogP contribution < -0.4 is 4.74 Å². The van der Waals surface area contributed by atoms with Crippen LogP contribution in [0.4, 0.5) is 0 Å². The van der Waals surface area contributed by atoms with Crippen LogP contribution in [0.15, 0.2) is 54.6 Å². The van der Waals surface area contributed by atoms with E-state index in [1.165, 1.54) is 5.56 Å². The Labute approximate surface area is 137 Å². The Hall–Kier alpha value is -2.13. The molecule has 0 N–H and O–H groups in total. The molecule has 3 nitrogen and oxygen atoms in total. The van der Waals surface area contributed by atoms with Crippen LogP contribution in [0, 0.1) is 5.92 Å². The zero-order chi connectivity index (χ0) is 16.1. The summed E-state index contributed by atoms with van der Waals surface area (Å²) in [5, 5.41) is 0. The molecule has 1 aliphatic rings. The maximum Gasteiger partial charge on any atom is 0.167 e. The molecule has 3 heteroatoms. The Morgan fingerprint density at radius 3 is 2.78 bits per heavy atom. The van der Waals surface area contributed by atoms with Gasteiger partial charge in [-0.05, 0) is 37.1 Å². The SMILES string of the molecule is COc1cccc(CN2CCCC(C(=O)c3ccccc3)C2)c1. The molecule has 0 amide bonds. The number of carbonyl (C=O) groups is 1. The standard InChI is InChI=1S/C20H23NO2/c1-23-19-11-5-7-16(13-19)14-21-12-6-10-18(15-21)20(22)17-8-3-2-4-9-17/h2-5,7-9,11,13,18H,6,10,12,14-15H2,1H3. The van der Waals surface area contributed by atoms with Gasteiger partial charge in [0.25, 0.3) is 0 Å². The minimum atomic E-state index is 0.108. The summed E-state index contributed by atoms with van der Waals surface area (Å²) in [6.45, 7) is 2.76. The highest BCUT2D eigenvalue weighted by Crippen LogP contribution is 2.23. The normalized spacial score (nSPS) is 18.6. The number of ether oxygens (including phenoxy) is 1. The molecule has 0 radical (unpaired) electrons. The molecule has 1 saturated heterocycles. The number of likely N-dealkylation sites (tertiary alicyclic amines) is 1. The predicted octanol–water partition coefficient (Wildman–Crippen LogP) is 3.79. The first-order chi connectivity index (χ1) is 11.3. The summed E-state index contributed by atoms with van der Waals surface area (Å²) in [6, 6.07) is 17.8. The fourth-order valence-electron chi connectivity index (χ4n) is 3.28. The molecular weight excluding hydrogens is 286 g/mol. The van der Waals surface area contributed by atoms with E-state index in [9.17, 15) is 4.79 Å². The van der Waals surface area contributed by atoms with Crippen LogP contribution in [-0.2, 0) is 6.54 Å². The number of nitrogens with zero attached hydrogens (tertiary/aromatic N) is 1. The number of ketones is 1. The Bertz CT molecular complexity index is 654. The van der Waals surface area contributed by atoms with Crippen LogP contribution in [0.1, 0.15) is 28.8 Å². The van der Waals surface area contributed by atoms with Gasteiger partial charge in [0, 0.05) is 24.6 Å². The number of Topliss-reactive ketones (excluding diaryl/α,β-unsaturated/α-hetero) is 1. The Balaban J connectivity index is 1.65. The molecule has 2 aromatic rings. The van der Waals surface area contributed by atoms with E-state index in [1.54, 1.807) is 7.11 Å². The predicted molar refractivity (Wildman–Crippen MR) is 91.8 cm³/mol. The quantitative estimate of drug-likeness (QED) is 0.787. The summed E-state index contributed by atoms with van der Waals surface area (Å²) in [4.78, 5) is 15.0. The Morgan fingerprint density at radius 2 is 2.00 bits per heavy atom. The molecular formula is C20H23NO2. The van der Waals surface area contributed by atoms with Crippen molar-refractivity contribution in [1.29, 1.82) is 0 Å². The van der Waals surface area contributed by atoms with Gasteiger partial charge in [0.2, 0.25) is 0 Å². The second-order valence-electron chi connectivity index (χ2n) is 6.16. The summed E-state index contributed by atoms with van der Waals surface area (Å²) in [5.74, 6) is 1.27. The minimum absolute atomic E-state index is 0.108. The van der Waals surface area contributed by atoms with E-state index in [2.05, 4.69) is 17.0 Å². The monoisotopic (exact) mass is 309 g/mol. The summed E-state index contributed by atoms with van der Waals surface area (Å²) in [6.07, 6.45) is 2.07.